The molecule has 0 bridgehead atoms. The van der Waals surface area contributed by atoms with Crippen LogP contribution in [0.3, 0.4) is 0 Å². The lowest BCUT2D eigenvalue weighted by molar-refractivity contribution is -0.188. The van der Waals surface area contributed by atoms with Crippen LogP contribution in [0.2, 0.25) is 5.02 Å². The van der Waals surface area contributed by atoms with E-state index in [9.17, 15) is 13.2 Å². The van der Waals surface area contributed by atoms with Crippen LogP contribution in [0, 0.1) is 6.92 Å². The van der Waals surface area contributed by atoms with Crippen LogP contribution in [0.1, 0.15) is 17.2 Å². The summed E-state index contributed by atoms with van der Waals surface area (Å²) >= 11 is 5.82. The van der Waals surface area contributed by atoms with E-state index in [2.05, 4.69) is 5.32 Å². The third-order valence-electron chi connectivity index (χ3n) is 3.35. The van der Waals surface area contributed by atoms with Crippen molar-refractivity contribution in [2.45, 2.75) is 19.1 Å². The number of nitrogens with one attached hydrogen (secondary N) is 1. The lowest BCUT2D eigenvalue weighted by atomic mass is 9.99. The van der Waals surface area contributed by atoms with Gasteiger partial charge in [-0.15, -0.1) is 24.8 Å². The summed E-state index contributed by atoms with van der Waals surface area (Å²) in [6, 6.07) is 3.03. The van der Waals surface area contributed by atoms with Crippen LogP contribution in [0.4, 0.5) is 13.2 Å². The fraction of sp³-hybridized carbons (Fsp3) is 0.538. The van der Waals surface area contributed by atoms with Gasteiger partial charge in [0.15, 0.2) is 0 Å². The summed E-state index contributed by atoms with van der Waals surface area (Å²) in [6.07, 6.45) is -4.28. The van der Waals surface area contributed by atoms with Crippen LogP contribution in [0.15, 0.2) is 18.2 Å². The molecule has 2 nitrogen and oxygen atoms in total. The Balaban J connectivity index is 0.00000200. The van der Waals surface area contributed by atoms with E-state index in [1.807, 2.05) is 0 Å². The standard InChI is InChI=1S/C13H16ClF3N2.2ClH/c1-9-8-10(14)2-3-11(9)12(13(15,16)17)19-6-4-18-5-7-19;;/h2-3,8,12,18H,4-7H2,1H3;2*1H/t12-;;/m0../s1. The number of nitrogens with zero attached hydrogens (tertiary/aromatic N) is 1. The Morgan fingerprint density at radius 1 is 1.19 bits per heavy atom. The molecule has 0 saturated carbocycles. The molecule has 1 atom stereocenters. The highest BCUT2D eigenvalue weighted by Crippen LogP contribution is 2.39. The van der Waals surface area contributed by atoms with E-state index in [1.165, 1.54) is 17.0 Å². The van der Waals surface area contributed by atoms with Gasteiger partial charge in [0.25, 0.3) is 0 Å². The number of piperazine rings is 1. The number of hydrogen-bond donors (Lipinski definition) is 1. The van der Waals surface area contributed by atoms with E-state index in [4.69, 9.17) is 11.6 Å². The highest BCUT2D eigenvalue weighted by atomic mass is 35.5. The van der Waals surface area contributed by atoms with Crippen molar-refractivity contribution < 1.29 is 13.2 Å². The molecule has 2 rings (SSSR count). The Labute approximate surface area is 139 Å². The third-order valence-corrected chi connectivity index (χ3v) is 3.59. The van der Waals surface area contributed by atoms with Gasteiger partial charge in [0, 0.05) is 31.2 Å². The molecule has 0 unspecified atom stereocenters. The first-order valence-corrected chi connectivity index (χ1v) is 6.55. The largest absolute Gasteiger partial charge is 0.408 e. The molecule has 1 N–H and O–H groups in total. The Kier molecular flexibility index (Phi) is 8.36. The van der Waals surface area contributed by atoms with E-state index in [-0.39, 0.29) is 24.8 Å². The highest BCUT2D eigenvalue weighted by Gasteiger charge is 2.45. The zero-order valence-electron chi connectivity index (χ0n) is 11.4. The van der Waals surface area contributed by atoms with Gasteiger partial charge in [-0.25, -0.2) is 0 Å². The fourth-order valence-electron chi connectivity index (χ4n) is 2.47. The molecule has 1 fully saturated rings. The third kappa shape index (κ3) is 5.18. The first-order chi connectivity index (χ1) is 8.89. The molecular weight excluding hydrogens is 348 g/mol. The van der Waals surface area contributed by atoms with Crippen LogP contribution in [0.5, 0.6) is 0 Å². The summed E-state index contributed by atoms with van der Waals surface area (Å²) in [5, 5.41) is 3.53. The van der Waals surface area contributed by atoms with Crippen LogP contribution >= 0.6 is 36.4 Å². The molecule has 1 aromatic carbocycles. The molecule has 1 aliphatic heterocycles. The maximum Gasteiger partial charge on any atom is 0.408 e. The monoisotopic (exact) mass is 364 g/mol. The normalized spacial score (nSPS) is 17.6. The summed E-state index contributed by atoms with van der Waals surface area (Å²) in [5.41, 5.74) is 0.868. The molecule has 0 radical (unpaired) electrons. The van der Waals surface area contributed by atoms with E-state index < -0.39 is 12.2 Å². The van der Waals surface area contributed by atoms with Crippen LogP contribution in [-0.2, 0) is 0 Å². The number of hydrogen-bond acceptors (Lipinski definition) is 2. The van der Waals surface area contributed by atoms with Gasteiger partial charge in [-0.1, -0.05) is 17.7 Å². The zero-order valence-corrected chi connectivity index (χ0v) is 13.8. The quantitative estimate of drug-likeness (QED) is 0.852. The molecule has 0 aromatic heterocycles. The maximum absolute atomic E-state index is 13.4. The van der Waals surface area contributed by atoms with Gasteiger partial charge < -0.3 is 5.32 Å². The molecule has 21 heavy (non-hydrogen) atoms. The minimum absolute atomic E-state index is 0. The second kappa shape index (κ2) is 8.44. The van der Waals surface area contributed by atoms with Crippen LogP contribution in [-0.4, -0.2) is 37.3 Å². The van der Waals surface area contributed by atoms with Crippen molar-refractivity contribution in [2.75, 3.05) is 26.2 Å². The van der Waals surface area contributed by atoms with Crippen molar-refractivity contribution in [3.63, 3.8) is 0 Å². The Morgan fingerprint density at radius 3 is 2.24 bits per heavy atom. The minimum atomic E-state index is -4.28. The van der Waals surface area contributed by atoms with Crippen molar-refractivity contribution >= 4 is 36.4 Å². The summed E-state index contributed by atoms with van der Waals surface area (Å²) < 4.78 is 40.1. The molecule has 0 amide bonds. The summed E-state index contributed by atoms with van der Waals surface area (Å²) in [7, 11) is 0. The SMILES string of the molecule is Cc1cc(Cl)ccc1[C@H](N1CCNCC1)C(F)(F)F.Cl.Cl. The zero-order chi connectivity index (χ0) is 14.0. The number of aryl methyl sites for hydroxylation is 1. The van der Waals surface area contributed by atoms with Gasteiger partial charge in [-0.05, 0) is 30.2 Å². The molecule has 1 saturated heterocycles. The molecule has 8 heteroatoms. The molecule has 1 aromatic rings. The first kappa shape index (κ1) is 20.8. The molecule has 1 aliphatic rings. The Morgan fingerprint density at radius 2 is 1.76 bits per heavy atom. The number of halogens is 6. The van der Waals surface area contributed by atoms with Crippen molar-refractivity contribution in [1.29, 1.82) is 0 Å². The molecular formula is C13H18Cl3F3N2. The molecule has 0 aliphatic carbocycles. The summed E-state index contributed by atoms with van der Waals surface area (Å²) in [6.45, 7) is 3.62. The van der Waals surface area contributed by atoms with Gasteiger partial charge in [0.05, 0.1) is 0 Å². The average molecular weight is 366 g/mol. The number of alkyl halides is 3. The molecule has 1 heterocycles. The summed E-state index contributed by atoms with van der Waals surface area (Å²) in [4.78, 5) is 1.48. The van der Waals surface area contributed by atoms with Gasteiger partial charge in [-0.2, -0.15) is 13.2 Å². The number of rotatable bonds is 2. The van der Waals surface area contributed by atoms with Gasteiger partial charge in [-0.3, -0.25) is 4.90 Å². The van der Waals surface area contributed by atoms with Crippen molar-refractivity contribution in [2.24, 2.45) is 0 Å². The predicted molar refractivity (Wildman–Crippen MR) is 83.9 cm³/mol. The lowest BCUT2D eigenvalue weighted by Gasteiger charge is -2.36. The number of benzene rings is 1. The summed E-state index contributed by atoms with van der Waals surface area (Å²) in [5.74, 6) is 0. The van der Waals surface area contributed by atoms with Gasteiger partial charge in [0.2, 0.25) is 0 Å². The smallest absolute Gasteiger partial charge is 0.314 e. The highest BCUT2D eigenvalue weighted by molar-refractivity contribution is 6.30. The second-order valence-corrected chi connectivity index (χ2v) is 5.17. The van der Waals surface area contributed by atoms with Crippen molar-refractivity contribution in [1.82, 2.24) is 10.2 Å². The predicted octanol–water partition coefficient (Wildman–Crippen LogP) is 4.00. The lowest BCUT2D eigenvalue weighted by Crippen LogP contribution is -2.49. The minimum Gasteiger partial charge on any atom is -0.314 e. The van der Waals surface area contributed by atoms with Crippen LogP contribution < -0.4 is 5.32 Å². The Bertz CT molecular complexity index is 449. The van der Waals surface area contributed by atoms with Crippen molar-refractivity contribution in [3.05, 3.63) is 34.3 Å². The van der Waals surface area contributed by atoms with E-state index >= 15 is 0 Å². The van der Waals surface area contributed by atoms with Crippen LogP contribution in [0.25, 0.3) is 0 Å². The van der Waals surface area contributed by atoms with Gasteiger partial charge in [0.1, 0.15) is 6.04 Å². The second-order valence-electron chi connectivity index (χ2n) is 4.73. The van der Waals surface area contributed by atoms with E-state index in [0.29, 0.717) is 42.3 Å². The molecule has 122 valence electrons. The topological polar surface area (TPSA) is 15.3 Å². The molecule has 0 spiro atoms. The Hall–Kier alpha value is -0.200. The maximum atomic E-state index is 13.4. The van der Waals surface area contributed by atoms with E-state index in [0.717, 1.165) is 0 Å². The van der Waals surface area contributed by atoms with E-state index in [1.54, 1.807) is 13.0 Å². The first-order valence-electron chi connectivity index (χ1n) is 6.17. The average Bonchev–Trinajstić information content (AvgIpc) is 2.32. The van der Waals surface area contributed by atoms with Gasteiger partial charge >= 0.3 is 6.18 Å². The van der Waals surface area contributed by atoms with Crippen molar-refractivity contribution in [3.8, 4) is 0 Å². The fourth-order valence-corrected chi connectivity index (χ4v) is 2.69.